The summed E-state index contributed by atoms with van der Waals surface area (Å²) in [5.41, 5.74) is 1.68. The van der Waals surface area contributed by atoms with Crippen molar-refractivity contribution in [3.63, 3.8) is 0 Å². The maximum Gasteiger partial charge on any atom is 0.329 e. The summed E-state index contributed by atoms with van der Waals surface area (Å²) in [6.45, 7) is 0. The Labute approximate surface area is 99.0 Å². The van der Waals surface area contributed by atoms with Gasteiger partial charge in [-0.25, -0.2) is 4.79 Å². The first kappa shape index (κ1) is 11.3. The van der Waals surface area contributed by atoms with Gasteiger partial charge in [0.05, 0.1) is 7.11 Å². The highest BCUT2D eigenvalue weighted by Crippen LogP contribution is 2.42. The second kappa shape index (κ2) is 3.98. The summed E-state index contributed by atoms with van der Waals surface area (Å²) in [5, 5.41) is 9.24. The number of carbonyl (C=O) groups is 1. The SMILES string of the molecule is COc1ccc2c(c1)C(Cl)(C(=O)O)CCC2. The van der Waals surface area contributed by atoms with Gasteiger partial charge in [-0.15, -0.1) is 11.6 Å². The molecule has 1 atom stereocenters. The van der Waals surface area contributed by atoms with Gasteiger partial charge in [-0.05, 0) is 42.5 Å². The Kier molecular flexibility index (Phi) is 2.80. The van der Waals surface area contributed by atoms with E-state index in [4.69, 9.17) is 16.3 Å². The third kappa shape index (κ3) is 1.65. The summed E-state index contributed by atoms with van der Waals surface area (Å²) in [6.07, 6.45) is 2.14. The van der Waals surface area contributed by atoms with Crippen LogP contribution in [-0.4, -0.2) is 18.2 Å². The second-order valence-corrected chi connectivity index (χ2v) is 4.63. The molecule has 1 aromatic carbocycles. The van der Waals surface area contributed by atoms with E-state index < -0.39 is 10.8 Å². The Hall–Kier alpha value is -1.22. The van der Waals surface area contributed by atoms with Gasteiger partial charge < -0.3 is 9.84 Å². The predicted octanol–water partition coefficient (Wildman–Crippen LogP) is 2.55. The summed E-state index contributed by atoms with van der Waals surface area (Å²) in [4.78, 5) is 9.98. The first-order chi connectivity index (χ1) is 7.58. The third-order valence-electron chi connectivity index (χ3n) is 3.05. The van der Waals surface area contributed by atoms with Gasteiger partial charge in [0.15, 0.2) is 4.87 Å². The molecule has 0 saturated carbocycles. The fourth-order valence-corrected chi connectivity index (χ4v) is 2.46. The standard InChI is InChI=1S/C12H13ClO3/c1-16-9-5-4-8-3-2-6-12(13,11(14)15)10(8)7-9/h4-5,7H,2-3,6H2,1H3,(H,14,15). The van der Waals surface area contributed by atoms with Gasteiger partial charge in [-0.3, -0.25) is 0 Å². The van der Waals surface area contributed by atoms with E-state index >= 15 is 0 Å². The summed E-state index contributed by atoms with van der Waals surface area (Å²) < 4.78 is 5.10. The first-order valence-electron chi connectivity index (χ1n) is 5.17. The highest BCUT2D eigenvalue weighted by atomic mass is 35.5. The number of aliphatic carboxylic acids is 1. The van der Waals surface area contributed by atoms with Crippen LogP contribution in [0, 0.1) is 0 Å². The Morgan fingerprint density at radius 1 is 1.56 bits per heavy atom. The van der Waals surface area contributed by atoms with Gasteiger partial charge >= 0.3 is 5.97 Å². The maximum absolute atomic E-state index is 11.3. The molecule has 1 aliphatic carbocycles. The minimum absolute atomic E-state index is 0.462. The molecule has 0 aliphatic heterocycles. The summed E-state index contributed by atoms with van der Waals surface area (Å²) in [6, 6.07) is 5.46. The number of hydrogen-bond acceptors (Lipinski definition) is 2. The Balaban J connectivity index is 2.55. The number of fused-ring (bicyclic) bond motifs is 1. The lowest BCUT2D eigenvalue weighted by atomic mass is 9.82. The lowest BCUT2D eigenvalue weighted by Crippen LogP contribution is -2.33. The number of aryl methyl sites for hydroxylation is 1. The molecule has 1 aliphatic rings. The number of halogens is 1. The average molecular weight is 241 g/mol. The number of methoxy groups -OCH3 is 1. The first-order valence-corrected chi connectivity index (χ1v) is 5.55. The zero-order valence-electron chi connectivity index (χ0n) is 9.00. The van der Waals surface area contributed by atoms with Crippen molar-refractivity contribution in [2.75, 3.05) is 7.11 Å². The molecule has 0 fully saturated rings. The number of carboxylic acids is 1. The van der Waals surface area contributed by atoms with E-state index in [0.29, 0.717) is 17.7 Å². The number of ether oxygens (including phenoxy) is 1. The van der Waals surface area contributed by atoms with E-state index in [0.717, 1.165) is 18.4 Å². The van der Waals surface area contributed by atoms with Gasteiger partial charge in [0.25, 0.3) is 0 Å². The fraction of sp³-hybridized carbons (Fsp3) is 0.417. The van der Waals surface area contributed by atoms with Crippen molar-refractivity contribution in [2.24, 2.45) is 0 Å². The highest BCUT2D eigenvalue weighted by Gasteiger charge is 2.41. The fourth-order valence-electron chi connectivity index (χ4n) is 2.15. The van der Waals surface area contributed by atoms with Gasteiger partial charge in [-0.2, -0.15) is 0 Å². The molecule has 3 nitrogen and oxygen atoms in total. The second-order valence-electron chi connectivity index (χ2n) is 3.98. The van der Waals surface area contributed by atoms with Crippen molar-refractivity contribution < 1.29 is 14.6 Å². The molecule has 0 saturated heterocycles. The quantitative estimate of drug-likeness (QED) is 0.809. The number of hydrogen-bond donors (Lipinski definition) is 1. The Bertz CT molecular complexity index is 430. The normalized spacial score (nSPS) is 23.6. The summed E-state index contributed by atoms with van der Waals surface area (Å²) in [7, 11) is 1.56. The minimum Gasteiger partial charge on any atom is -0.497 e. The van der Waals surface area contributed by atoms with Crippen LogP contribution >= 0.6 is 11.6 Å². The van der Waals surface area contributed by atoms with Crippen LogP contribution in [0.3, 0.4) is 0 Å². The van der Waals surface area contributed by atoms with Crippen molar-refractivity contribution >= 4 is 17.6 Å². The Morgan fingerprint density at radius 2 is 2.31 bits per heavy atom. The van der Waals surface area contributed by atoms with Crippen LogP contribution in [-0.2, 0) is 16.1 Å². The monoisotopic (exact) mass is 240 g/mol. The summed E-state index contributed by atoms with van der Waals surface area (Å²) in [5.74, 6) is -0.338. The Morgan fingerprint density at radius 3 is 2.94 bits per heavy atom. The van der Waals surface area contributed by atoms with Crippen LogP contribution in [0.1, 0.15) is 24.0 Å². The molecule has 0 spiro atoms. The number of rotatable bonds is 2. The van der Waals surface area contributed by atoms with Crippen molar-refractivity contribution in [3.8, 4) is 5.75 Å². The molecule has 0 amide bonds. The molecule has 2 rings (SSSR count). The van der Waals surface area contributed by atoms with Crippen LogP contribution in [0.25, 0.3) is 0 Å². The van der Waals surface area contributed by atoms with Crippen molar-refractivity contribution in [2.45, 2.75) is 24.1 Å². The molecule has 0 heterocycles. The average Bonchev–Trinajstić information content (AvgIpc) is 2.29. The molecule has 1 aromatic rings. The summed E-state index contributed by atoms with van der Waals surface area (Å²) >= 11 is 6.21. The largest absolute Gasteiger partial charge is 0.497 e. The molecule has 0 bridgehead atoms. The predicted molar refractivity (Wildman–Crippen MR) is 61.1 cm³/mol. The number of alkyl halides is 1. The van der Waals surface area contributed by atoms with Crippen molar-refractivity contribution in [3.05, 3.63) is 29.3 Å². The lowest BCUT2D eigenvalue weighted by Gasteiger charge is -2.30. The number of carboxylic acid groups (broad SMARTS) is 1. The van der Waals surface area contributed by atoms with Crippen LogP contribution in [0.4, 0.5) is 0 Å². The van der Waals surface area contributed by atoms with Gasteiger partial charge in [0, 0.05) is 0 Å². The van der Waals surface area contributed by atoms with Crippen LogP contribution < -0.4 is 4.74 Å². The molecular formula is C12H13ClO3. The molecular weight excluding hydrogens is 228 g/mol. The molecule has 0 aromatic heterocycles. The van der Waals surface area contributed by atoms with E-state index in [1.165, 1.54) is 0 Å². The van der Waals surface area contributed by atoms with E-state index in [2.05, 4.69) is 0 Å². The third-order valence-corrected chi connectivity index (χ3v) is 3.60. The van der Waals surface area contributed by atoms with Crippen molar-refractivity contribution in [1.82, 2.24) is 0 Å². The maximum atomic E-state index is 11.3. The highest BCUT2D eigenvalue weighted by molar-refractivity contribution is 6.33. The van der Waals surface area contributed by atoms with Gasteiger partial charge in [0.1, 0.15) is 5.75 Å². The van der Waals surface area contributed by atoms with E-state index in [1.54, 1.807) is 13.2 Å². The molecule has 0 radical (unpaired) electrons. The number of benzene rings is 1. The van der Waals surface area contributed by atoms with Crippen LogP contribution in [0.15, 0.2) is 18.2 Å². The zero-order chi connectivity index (χ0) is 11.8. The van der Waals surface area contributed by atoms with Crippen LogP contribution in [0.5, 0.6) is 5.75 Å². The van der Waals surface area contributed by atoms with Crippen molar-refractivity contribution in [1.29, 1.82) is 0 Å². The zero-order valence-corrected chi connectivity index (χ0v) is 9.75. The molecule has 86 valence electrons. The molecule has 1 N–H and O–H groups in total. The van der Waals surface area contributed by atoms with E-state index in [-0.39, 0.29) is 0 Å². The lowest BCUT2D eigenvalue weighted by molar-refractivity contribution is -0.140. The van der Waals surface area contributed by atoms with E-state index in [9.17, 15) is 9.90 Å². The van der Waals surface area contributed by atoms with Crippen LogP contribution in [0.2, 0.25) is 0 Å². The molecule has 1 unspecified atom stereocenters. The smallest absolute Gasteiger partial charge is 0.329 e. The molecule has 4 heteroatoms. The van der Waals surface area contributed by atoms with E-state index in [1.807, 2.05) is 12.1 Å². The minimum atomic E-state index is -1.29. The topological polar surface area (TPSA) is 46.5 Å². The van der Waals surface area contributed by atoms with Gasteiger partial charge in [0.2, 0.25) is 0 Å². The van der Waals surface area contributed by atoms with Gasteiger partial charge in [-0.1, -0.05) is 6.07 Å². The molecule has 16 heavy (non-hydrogen) atoms.